The third-order valence-electron chi connectivity index (χ3n) is 3.73. The lowest BCUT2D eigenvalue weighted by Gasteiger charge is -2.13. The van der Waals surface area contributed by atoms with Gasteiger partial charge in [-0.05, 0) is 31.8 Å². The molecule has 1 fully saturated rings. The number of fused-ring (bicyclic) bond motifs is 1. The minimum Gasteiger partial charge on any atom is -0.375 e. The summed E-state index contributed by atoms with van der Waals surface area (Å²) in [5, 5.41) is 0. The minimum atomic E-state index is -0.176. The van der Waals surface area contributed by atoms with E-state index in [9.17, 15) is 4.79 Å². The van der Waals surface area contributed by atoms with Crippen LogP contribution in [0.1, 0.15) is 6.42 Å². The second-order valence-electron chi connectivity index (χ2n) is 5.19. The molecule has 0 bridgehead atoms. The molecular weight excluding hydrogens is 276 g/mol. The summed E-state index contributed by atoms with van der Waals surface area (Å²) in [7, 11) is 2.10. The van der Waals surface area contributed by atoms with Gasteiger partial charge in [-0.25, -0.2) is 0 Å². The smallest absolute Gasteiger partial charge is 0.276 e. The lowest BCUT2D eigenvalue weighted by atomic mass is 10.3. The number of ether oxygens (including phenoxy) is 1. The molecule has 7 heteroatoms. The molecule has 1 aliphatic rings. The lowest BCUT2D eigenvalue weighted by molar-refractivity contribution is 0.0557. The second-order valence-corrected chi connectivity index (χ2v) is 5.58. The van der Waals surface area contributed by atoms with Crippen molar-refractivity contribution in [3.63, 3.8) is 0 Å². The zero-order valence-electron chi connectivity index (χ0n) is 11.4. The Labute approximate surface area is 121 Å². The fourth-order valence-corrected chi connectivity index (χ4v) is 2.95. The number of hydrogen-bond donors (Lipinski definition) is 2. The van der Waals surface area contributed by atoms with Gasteiger partial charge in [-0.3, -0.25) is 9.78 Å². The topological polar surface area (TPSA) is 66.0 Å². The van der Waals surface area contributed by atoms with Crippen LogP contribution in [-0.4, -0.2) is 52.3 Å². The summed E-state index contributed by atoms with van der Waals surface area (Å²) in [6.07, 6.45) is 3.13. The highest BCUT2D eigenvalue weighted by molar-refractivity contribution is 7.71. The number of likely N-dealkylation sites (N-methyl/N-ethyl adjacent to an activating group) is 1. The van der Waals surface area contributed by atoms with Gasteiger partial charge in [0.2, 0.25) is 0 Å². The Morgan fingerprint density at radius 3 is 3.15 bits per heavy atom. The first-order valence-electron chi connectivity index (χ1n) is 6.75. The zero-order chi connectivity index (χ0) is 14.1. The average molecular weight is 294 g/mol. The summed E-state index contributed by atoms with van der Waals surface area (Å²) in [6, 6.07) is 1.86. The highest BCUT2D eigenvalue weighted by Gasteiger charge is 2.19. The summed E-state index contributed by atoms with van der Waals surface area (Å²) in [6.45, 7) is 3.31. The molecule has 1 saturated heterocycles. The Kier molecular flexibility index (Phi) is 3.73. The largest absolute Gasteiger partial charge is 0.375 e. The van der Waals surface area contributed by atoms with Crippen LogP contribution in [0.3, 0.4) is 0 Å². The number of aromatic nitrogens is 3. The summed E-state index contributed by atoms with van der Waals surface area (Å²) < 4.78 is 8.22. The van der Waals surface area contributed by atoms with Gasteiger partial charge in [0.25, 0.3) is 5.56 Å². The highest BCUT2D eigenvalue weighted by Crippen LogP contribution is 2.12. The summed E-state index contributed by atoms with van der Waals surface area (Å²) in [4.78, 5) is 19.6. The van der Waals surface area contributed by atoms with Crippen LogP contribution >= 0.6 is 12.2 Å². The molecule has 1 atom stereocenters. The van der Waals surface area contributed by atoms with E-state index in [1.807, 2.05) is 10.6 Å². The molecule has 1 aliphatic heterocycles. The summed E-state index contributed by atoms with van der Waals surface area (Å²) in [5.41, 5.74) is 1.20. The first-order valence-corrected chi connectivity index (χ1v) is 7.16. The minimum absolute atomic E-state index is 0.176. The van der Waals surface area contributed by atoms with Gasteiger partial charge in [-0.2, -0.15) is 0 Å². The van der Waals surface area contributed by atoms with Gasteiger partial charge >= 0.3 is 0 Å². The molecule has 1 unspecified atom stereocenters. The van der Waals surface area contributed by atoms with E-state index in [0.717, 1.165) is 25.0 Å². The number of likely N-dealkylation sites (tertiary alicyclic amines) is 1. The van der Waals surface area contributed by atoms with Gasteiger partial charge in [0.1, 0.15) is 5.52 Å². The van der Waals surface area contributed by atoms with Gasteiger partial charge in [-0.15, -0.1) is 0 Å². The van der Waals surface area contributed by atoms with Crippen molar-refractivity contribution in [1.29, 1.82) is 0 Å². The van der Waals surface area contributed by atoms with Crippen LogP contribution in [0, 0.1) is 4.77 Å². The van der Waals surface area contributed by atoms with Crippen LogP contribution in [0.2, 0.25) is 0 Å². The number of rotatable bonds is 4. The molecule has 0 saturated carbocycles. The first kappa shape index (κ1) is 13.5. The van der Waals surface area contributed by atoms with Gasteiger partial charge in [0.15, 0.2) is 4.77 Å². The molecule has 0 spiro atoms. The molecule has 0 aromatic carbocycles. The maximum Gasteiger partial charge on any atom is 0.276 e. The van der Waals surface area contributed by atoms with Crippen LogP contribution < -0.4 is 5.56 Å². The van der Waals surface area contributed by atoms with E-state index >= 15 is 0 Å². The molecule has 6 nitrogen and oxygen atoms in total. The quantitative estimate of drug-likeness (QED) is 0.829. The van der Waals surface area contributed by atoms with Crippen molar-refractivity contribution in [1.82, 2.24) is 19.4 Å². The highest BCUT2D eigenvalue weighted by atomic mass is 32.1. The van der Waals surface area contributed by atoms with Crippen molar-refractivity contribution < 1.29 is 4.74 Å². The zero-order valence-corrected chi connectivity index (χ0v) is 12.2. The third kappa shape index (κ3) is 2.56. The number of aromatic amines is 2. The predicted octanol–water partition coefficient (Wildman–Crippen LogP) is 1.11. The van der Waals surface area contributed by atoms with Crippen molar-refractivity contribution in [2.75, 3.05) is 26.7 Å². The molecule has 2 aromatic rings. The fourth-order valence-electron chi connectivity index (χ4n) is 2.67. The standard InChI is InChI=1S/C13H18N4O2S/c1-16-5-3-9(8-16)19-7-6-17-10-2-4-14-11(10)12(18)15-13(17)20/h2,4,9,14H,3,5-8H2,1H3,(H,15,18,20). The van der Waals surface area contributed by atoms with Crippen LogP contribution in [0.4, 0.5) is 0 Å². The summed E-state index contributed by atoms with van der Waals surface area (Å²) >= 11 is 5.23. The van der Waals surface area contributed by atoms with E-state index in [-0.39, 0.29) is 5.56 Å². The van der Waals surface area contributed by atoms with Crippen molar-refractivity contribution in [3.8, 4) is 0 Å². The van der Waals surface area contributed by atoms with Gasteiger partial charge < -0.3 is 19.2 Å². The Bertz CT molecular complexity index is 717. The van der Waals surface area contributed by atoms with Crippen LogP contribution in [-0.2, 0) is 11.3 Å². The molecule has 0 aliphatic carbocycles. The number of nitrogens with one attached hydrogen (secondary N) is 2. The maximum atomic E-state index is 11.7. The molecule has 3 heterocycles. The van der Waals surface area contributed by atoms with Gasteiger partial charge in [0.05, 0.1) is 18.2 Å². The van der Waals surface area contributed by atoms with E-state index in [1.54, 1.807) is 6.20 Å². The van der Waals surface area contributed by atoms with Crippen LogP contribution in [0.25, 0.3) is 11.0 Å². The first-order chi connectivity index (χ1) is 9.65. The van der Waals surface area contributed by atoms with Crippen molar-refractivity contribution in [3.05, 3.63) is 27.4 Å². The van der Waals surface area contributed by atoms with Gasteiger partial charge in [-0.1, -0.05) is 0 Å². The summed E-state index contributed by atoms with van der Waals surface area (Å²) in [5.74, 6) is 0. The molecule has 2 aromatic heterocycles. The van der Waals surface area contributed by atoms with Gasteiger partial charge in [0, 0.05) is 25.8 Å². The fraction of sp³-hybridized carbons (Fsp3) is 0.538. The van der Waals surface area contributed by atoms with Crippen molar-refractivity contribution in [2.24, 2.45) is 0 Å². The SMILES string of the molecule is CN1CCC(OCCn2c(=S)[nH]c(=O)c3[nH]ccc32)C1. The Morgan fingerprint density at radius 1 is 1.55 bits per heavy atom. The molecule has 0 radical (unpaired) electrons. The molecule has 2 N–H and O–H groups in total. The van der Waals surface area contributed by atoms with E-state index in [1.165, 1.54) is 0 Å². The van der Waals surface area contributed by atoms with E-state index in [2.05, 4.69) is 21.9 Å². The monoisotopic (exact) mass is 294 g/mol. The van der Waals surface area contributed by atoms with Crippen molar-refractivity contribution >= 4 is 23.3 Å². The maximum absolute atomic E-state index is 11.7. The molecule has 108 valence electrons. The Hall–Kier alpha value is -1.44. The lowest BCUT2D eigenvalue weighted by Crippen LogP contribution is -2.22. The second kappa shape index (κ2) is 5.51. The van der Waals surface area contributed by atoms with E-state index in [4.69, 9.17) is 17.0 Å². The Morgan fingerprint density at radius 2 is 2.40 bits per heavy atom. The normalized spacial score (nSPS) is 19.9. The molecule has 0 amide bonds. The van der Waals surface area contributed by atoms with Crippen LogP contribution in [0.15, 0.2) is 17.1 Å². The molecule has 20 heavy (non-hydrogen) atoms. The number of H-pyrrole nitrogens is 2. The van der Waals surface area contributed by atoms with Crippen LogP contribution in [0.5, 0.6) is 0 Å². The predicted molar refractivity (Wildman–Crippen MR) is 79.6 cm³/mol. The van der Waals surface area contributed by atoms with Crippen molar-refractivity contribution in [2.45, 2.75) is 19.1 Å². The average Bonchev–Trinajstić information content (AvgIpc) is 3.02. The third-order valence-corrected chi connectivity index (χ3v) is 4.05. The molecular formula is C13H18N4O2S. The number of nitrogens with zero attached hydrogens (tertiary/aromatic N) is 2. The molecule has 3 rings (SSSR count). The number of hydrogen-bond acceptors (Lipinski definition) is 4. The van der Waals surface area contributed by atoms with E-state index < -0.39 is 0 Å². The Balaban J connectivity index is 1.73. The van der Waals surface area contributed by atoms with E-state index in [0.29, 0.717) is 29.5 Å².